The molecule has 0 radical (unpaired) electrons. The fraction of sp³-hybridized carbons (Fsp3) is 0.400. The molecule has 6 nitrogen and oxygen atoms in total. The molecule has 7 heteroatoms. The Hall–Kier alpha value is -3.45. The Balaban J connectivity index is 1.61. The van der Waals surface area contributed by atoms with Gasteiger partial charge in [0.2, 0.25) is 0 Å². The first-order valence-electron chi connectivity index (χ1n) is 12.7. The molecule has 1 saturated carbocycles. The molecule has 1 spiro atoms. The zero-order chi connectivity index (χ0) is 26.3. The molecule has 5 rings (SSSR count). The Morgan fingerprint density at radius 3 is 2.57 bits per heavy atom. The van der Waals surface area contributed by atoms with Crippen molar-refractivity contribution in [1.29, 1.82) is 0 Å². The molecule has 0 bridgehead atoms. The lowest BCUT2D eigenvalue weighted by Gasteiger charge is -2.31. The lowest BCUT2D eigenvalue weighted by molar-refractivity contribution is -0.146. The number of benzene rings is 2. The summed E-state index contributed by atoms with van der Waals surface area (Å²) in [5, 5.41) is 4.11. The largest absolute Gasteiger partial charge is 0.490 e. The lowest BCUT2D eigenvalue weighted by Crippen LogP contribution is -2.34. The summed E-state index contributed by atoms with van der Waals surface area (Å²) in [7, 11) is 1.40. The fourth-order valence-electron chi connectivity index (χ4n) is 5.89. The number of methoxy groups -OCH3 is 1. The van der Waals surface area contributed by atoms with Gasteiger partial charge in [0.05, 0.1) is 37.0 Å². The van der Waals surface area contributed by atoms with E-state index in [1.165, 1.54) is 19.2 Å². The number of nitrogens with zero attached hydrogens (tertiary/aromatic N) is 1. The van der Waals surface area contributed by atoms with Gasteiger partial charge in [-0.05, 0) is 87.6 Å². The predicted octanol–water partition coefficient (Wildman–Crippen LogP) is 6.40. The summed E-state index contributed by atoms with van der Waals surface area (Å²) in [5.41, 5.74) is 4.84. The van der Waals surface area contributed by atoms with E-state index in [2.05, 4.69) is 17.3 Å². The molecule has 194 valence electrons. The van der Waals surface area contributed by atoms with Crippen molar-refractivity contribution in [2.75, 3.05) is 13.7 Å². The second kappa shape index (κ2) is 9.78. The Morgan fingerprint density at radius 1 is 1.16 bits per heavy atom. The minimum Gasteiger partial charge on any atom is -0.490 e. The summed E-state index contributed by atoms with van der Waals surface area (Å²) in [6, 6.07) is 12.4. The van der Waals surface area contributed by atoms with Crippen molar-refractivity contribution in [3.63, 3.8) is 0 Å². The van der Waals surface area contributed by atoms with Crippen LogP contribution in [0.25, 0.3) is 16.7 Å². The number of hydrogen-bond acceptors (Lipinski definition) is 6. The quantitative estimate of drug-likeness (QED) is 0.361. The van der Waals surface area contributed by atoms with Gasteiger partial charge in [0.15, 0.2) is 0 Å². The van der Waals surface area contributed by atoms with Crippen molar-refractivity contribution in [3.05, 3.63) is 76.9 Å². The predicted molar refractivity (Wildman–Crippen MR) is 138 cm³/mol. The van der Waals surface area contributed by atoms with E-state index in [4.69, 9.17) is 18.7 Å². The van der Waals surface area contributed by atoms with Gasteiger partial charge in [-0.25, -0.2) is 4.39 Å². The van der Waals surface area contributed by atoms with Crippen LogP contribution < -0.4 is 4.74 Å². The van der Waals surface area contributed by atoms with E-state index in [0.29, 0.717) is 19.4 Å². The summed E-state index contributed by atoms with van der Waals surface area (Å²) in [6.07, 6.45) is 3.40. The molecule has 3 aromatic rings. The first kappa shape index (κ1) is 25.2. The molecule has 2 heterocycles. The molecule has 37 heavy (non-hydrogen) atoms. The highest BCUT2D eigenvalue weighted by molar-refractivity contribution is 5.81. The van der Waals surface area contributed by atoms with Crippen LogP contribution in [0.5, 0.6) is 5.75 Å². The molecule has 2 aliphatic rings. The first-order chi connectivity index (χ1) is 17.7. The highest BCUT2D eigenvalue weighted by atomic mass is 19.1. The number of aromatic nitrogens is 1. The number of carbonyl (C=O) groups is 1. The van der Waals surface area contributed by atoms with Crippen molar-refractivity contribution in [2.45, 2.75) is 58.2 Å². The lowest BCUT2D eigenvalue weighted by atomic mass is 9.79. The molecule has 1 aromatic heterocycles. The summed E-state index contributed by atoms with van der Waals surface area (Å²) in [5.74, 6) is 0.242. The Labute approximate surface area is 216 Å². The van der Waals surface area contributed by atoms with Crippen molar-refractivity contribution in [3.8, 4) is 16.9 Å². The number of hydrogen-bond donors (Lipinski definition) is 0. The Kier molecular flexibility index (Phi) is 6.67. The minimum absolute atomic E-state index is 0.0114. The monoisotopic (exact) mass is 505 g/mol. The third kappa shape index (κ3) is 4.57. The van der Waals surface area contributed by atoms with Crippen LogP contribution in [-0.2, 0) is 14.3 Å². The second-order valence-electron chi connectivity index (χ2n) is 10.2. The van der Waals surface area contributed by atoms with Crippen molar-refractivity contribution in [1.82, 2.24) is 5.16 Å². The van der Waals surface area contributed by atoms with E-state index >= 15 is 0 Å². The highest BCUT2D eigenvalue weighted by Crippen LogP contribution is 2.54. The highest BCUT2D eigenvalue weighted by Gasteiger charge is 2.54. The smallest absolute Gasteiger partial charge is 0.309 e. The normalized spacial score (nSPS) is 23.1. The fourth-order valence-corrected chi connectivity index (χ4v) is 5.89. The number of esters is 1. The van der Waals surface area contributed by atoms with Gasteiger partial charge in [0.1, 0.15) is 17.3 Å². The van der Waals surface area contributed by atoms with Crippen LogP contribution in [0.1, 0.15) is 55.2 Å². The SMILES string of the molecule is COC(=O)[C@H]1CC[C@@]2(C=C(c3cc(-c4c(C)noc4C)ccc3OC(C)C)CO2)[C@@H]1c1ccc(F)cc1. The van der Waals surface area contributed by atoms with Gasteiger partial charge >= 0.3 is 5.97 Å². The molecule has 1 fully saturated rings. The summed E-state index contributed by atoms with van der Waals surface area (Å²) in [6.45, 7) is 8.19. The van der Waals surface area contributed by atoms with E-state index in [-0.39, 0.29) is 29.7 Å². The zero-order valence-electron chi connectivity index (χ0n) is 21.8. The Morgan fingerprint density at radius 2 is 1.92 bits per heavy atom. The van der Waals surface area contributed by atoms with E-state index in [9.17, 15) is 9.18 Å². The van der Waals surface area contributed by atoms with Crippen LogP contribution in [0.4, 0.5) is 4.39 Å². The van der Waals surface area contributed by atoms with E-state index < -0.39 is 5.60 Å². The maximum absolute atomic E-state index is 13.7. The number of ether oxygens (including phenoxy) is 3. The zero-order valence-corrected chi connectivity index (χ0v) is 21.8. The van der Waals surface area contributed by atoms with Gasteiger partial charge in [-0.15, -0.1) is 0 Å². The second-order valence-corrected chi connectivity index (χ2v) is 10.2. The van der Waals surface area contributed by atoms with Crippen molar-refractivity contribution < 1.29 is 27.9 Å². The molecule has 1 aliphatic carbocycles. The average molecular weight is 506 g/mol. The van der Waals surface area contributed by atoms with E-state index in [1.54, 1.807) is 12.1 Å². The van der Waals surface area contributed by atoms with Gasteiger partial charge < -0.3 is 18.7 Å². The number of aryl methyl sites for hydroxylation is 2. The summed E-state index contributed by atoms with van der Waals surface area (Å²) in [4.78, 5) is 12.8. The molecule has 0 saturated heterocycles. The third-order valence-corrected chi connectivity index (χ3v) is 7.43. The van der Waals surface area contributed by atoms with E-state index in [0.717, 1.165) is 45.0 Å². The van der Waals surface area contributed by atoms with Gasteiger partial charge in [-0.2, -0.15) is 0 Å². The molecule has 1 aliphatic heterocycles. The standard InChI is InChI=1S/C30H32FNO5/c1-17(2)36-26-11-8-21(27-18(3)32-37-19(27)4)14-25(26)22-15-30(35-16-22)13-12-24(29(33)34-5)28(30)20-6-9-23(31)10-7-20/h6-11,14-15,17,24,28H,12-13,16H2,1-5H3/t24-,28+,30+/m0/s1. The summed E-state index contributed by atoms with van der Waals surface area (Å²) < 4.78 is 37.0. The number of carbonyl (C=O) groups excluding carboxylic acids is 1. The molecular formula is C30H32FNO5. The maximum Gasteiger partial charge on any atom is 0.309 e. The topological polar surface area (TPSA) is 70.8 Å². The van der Waals surface area contributed by atoms with Gasteiger partial charge in [0.25, 0.3) is 0 Å². The molecule has 3 atom stereocenters. The molecule has 0 amide bonds. The van der Waals surface area contributed by atoms with Gasteiger partial charge in [-0.3, -0.25) is 4.79 Å². The van der Waals surface area contributed by atoms with E-state index in [1.807, 2.05) is 39.8 Å². The third-order valence-electron chi connectivity index (χ3n) is 7.43. The molecule has 0 unspecified atom stereocenters. The average Bonchev–Trinajstić information content (AvgIpc) is 3.57. The van der Waals surface area contributed by atoms with Gasteiger partial charge in [0, 0.05) is 17.0 Å². The maximum atomic E-state index is 13.7. The number of halogens is 1. The van der Waals surface area contributed by atoms with Crippen LogP contribution in [0, 0.1) is 25.6 Å². The first-order valence-corrected chi connectivity index (χ1v) is 12.7. The van der Waals surface area contributed by atoms with Crippen LogP contribution in [0.15, 0.2) is 53.1 Å². The molecular weight excluding hydrogens is 473 g/mol. The van der Waals surface area contributed by atoms with Gasteiger partial charge in [-0.1, -0.05) is 23.4 Å². The van der Waals surface area contributed by atoms with Crippen molar-refractivity contribution >= 4 is 11.5 Å². The van der Waals surface area contributed by atoms with Crippen molar-refractivity contribution in [2.24, 2.45) is 5.92 Å². The summed E-state index contributed by atoms with van der Waals surface area (Å²) >= 11 is 0. The van der Waals surface area contributed by atoms with Crippen LogP contribution in [-0.4, -0.2) is 36.5 Å². The Bertz CT molecular complexity index is 1320. The number of rotatable bonds is 6. The minimum atomic E-state index is -0.708. The van der Waals surface area contributed by atoms with Crippen LogP contribution in [0.3, 0.4) is 0 Å². The molecule has 0 N–H and O–H groups in total. The molecule has 2 aromatic carbocycles. The van der Waals surface area contributed by atoms with Crippen LogP contribution in [0.2, 0.25) is 0 Å². The van der Waals surface area contributed by atoms with Crippen LogP contribution >= 0.6 is 0 Å².